The van der Waals surface area contributed by atoms with Crippen LogP contribution in [0, 0.1) is 22.7 Å². The first-order valence-corrected chi connectivity index (χ1v) is 9.32. The normalized spacial score (nSPS) is 11.1. The van der Waals surface area contributed by atoms with Crippen molar-refractivity contribution in [3.05, 3.63) is 38.6 Å². The van der Waals surface area contributed by atoms with Gasteiger partial charge < -0.3 is 24.9 Å². The number of anilines is 1. The van der Waals surface area contributed by atoms with Gasteiger partial charge in [0.05, 0.1) is 18.2 Å². The standard InChI is InChI=1S/C20H19ClN4O5/c1-4-28-15-7-11(6-14(21)17(15)30-10(3)20(27)29-5-2)16-12(8-22)18(24)25-19(26)13(16)9-23/h6-7,10H,4-5H2,1-3H3,(H3,24,25,26). The summed E-state index contributed by atoms with van der Waals surface area (Å²) in [7, 11) is 0. The number of pyridine rings is 1. The summed E-state index contributed by atoms with van der Waals surface area (Å²) in [6.45, 7) is 5.32. The quantitative estimate of drug-likeness (QED) is 0.636. The van der Waals surface area contributed by atoms with Crippen molar-refractivity contribution in [3.8, 4) is 34.8 Å². The van der Waals surface area contributed by atoms with Crippen molar-refractivity contribution in [2.24, 2.45) is 0 Å². The van der Waals surface area contributed by atoms with Crippen LogP contribution in [-0.2, 0) is 9.53 Å². The molecular formula is C20H19ClN4O5. The Balaban J connectivity index is 2.70. The number of hydrogen-bond acceptors (Lipinski definition) is 8. The summed E-state index contributed by atoms with van der Waals surface area (Å²) in [5, 5.41) is 19.0. The van der Waals surface area contributed by atoms with E-state index in [1.54, 1.807) is 19.9 Å². The first-order chi connectivity index (χ1) is 14.3. The third kappa shape index (κ3) is 4.48. The second kappa shape index (κ2) is 9.68. The van der Waals surface area contributed by atoms with E-state index in [1.807, 2.05) is 6.07 Å². The van der Waals surface area contributed by atoms with Crippen molar-refractivity contribution in [1.29, 1.82) is 10.5 Å². The number of halogens is 1. The maximum absolute atomic E-state index is 12.2. The number of nitrogens with two attached hydrogens (primary N) is 1. The molecule has 0 saturated heterocycles. The van der Waals surface area contributed by atoms with Crippen LogP contribution in [0.3, 0.4) is 0 Å². The average Bonchev–Trinajstić information content (AvgIpc) is 2.70. The van der Waals surface area contributed by atoms with Crippen LogP contribution in [0.4, 0.5) is 5.82 Å². The molecule has 1 aromatic carbocycles. The number of esters is 1. The third-order valence-corrected chi connectivity index (χ3v) is 4.26. The zero-order valence-electron chi connectivity index (χ0n) is 16.5. The van der Waals surface area contributed by atoms with Gasteiger partial charge >= 0.3 is 5.97 Å². The molecule has 1 heterocycles. The number of nitriles is 2. The number of rotatable bonds is 7. The van der Waals surface area contributed by atoms with Crippen molar-refractivity contribution < 1.29 is 19.0 Å². The molecule has 0 aliphatic rings. The second-order valence-electron chi connectivity index (χ2n) is 5.95. The average molecular weight is 431 g/mol. The molecule has 0 fully saturated rings. The van der Waals surface area contributed by atoms with E-state index in [-0.39, 0.29) is 57.8 Å². The van der Waals surface area contributed by atoms with E-state index in [9.17, 15) is 20.1 Å². The molecule has 10 heteroatoms. The number of ether oxygens (including phenoxy) is 3. The number of H-pyrrole nitrogens is 1. The van der Waals surface area contributed by atoms with E-state index < -0.39 is 17.6 Å². The first-order valence-electron chi connectivity index (χ1n) is 8.94. The molecule has 0 saturated carbocycles. The lowest BCUT2D eigenvalue weighted by Gasteiger charge is -2.19. The number of nitrogen functional groups attached to an aromatic ring is 1. The van der Waals surface area contributed by atoms with Gasteiger partial charge in [-0.15, -0.1) is 0 Å². The highest BCUT2D eigenvalue weighted by Crippen LogP contribution is 2.42. The Kier molecular flexibility index (Phi) is 7.29. The Morgan fingerprint density at radius 3 is 2.47 bits per heavy atom. The van der Waals surface area contributed by atoms with Crippen molar-refractivity contribution in [2.45, 2.75) is 26.9 Å². The molecule has 2 rings (SSSR count). The summed E-state index contributed by atoms with van der Waals surface area (Å²) in [4.78, 5) is 26.3. The molecule has 3 N–H and O–H groups in total. The first kappa shape index (κ1) is 22.6. The Morgan fingerprint density at radius 1 is 1.23 bits per heavy atom. The largest absolute Gasteiger partial charge is 0.490 e. The van der Waals surface area contributed by atoms with Gasteiger partial charge in [0.15, 0.2) is 17.6 Å². The molecule has 0 bridgehead atoms. The number of benzene rings is 1. The predicted octanol–water partition coefficient (Wildman–Crippen LogP) is 2.75. The Morgan fingerprint density at radius 2 is 1.90 bits per heavy atom. The number of hydrogen-bond donors (Lipinski definition) is 2. The van der Waals surface area contributed by atoms with E-state index in [2.05, 4.69) is 4.98 Å². The Bertz CT molecular complexity index is 1110. The number of nitrogens with zero attached hydrogens (tertiary/aromatic N) is 2. The van der Waals surface area contributed by atoms with Crippen molar-refractivity contribution in [2.75, 3.05) is 18.9 Å². The maximum atomic E-state index is 12.2. The fourth-order valence-corrected chi connectivity index (χ4v) is 2.96. The summed E-state index contributed by atoms with van der Waals surface area (Å²) in [6.07, 6.45) is -0.966. The number of carbonyl (C=O) groups is 1. The fraction of sp³-hybridized carbons (Fsp3) is 0.300. The van der Waals surface area contributed by atoms with Gasteiger partial charge in [0, 0.05) is 5.56 Å². The van der Waals surface area contributed by atoms with Gasteiger partial charge in [-0.25, -0.2) is 4.79 Å². The molecule has 0 radical (unpaired) electrons. The van der Waals surface area contributed by atoms with Gasteiger partial charge in [0.2, 0.25) is 0 Å². The van der Waals surface area contributed by atoms with Crippen LogP contribution >= 0.6 is 11.6 Å². The molecule has 30 heavy (non-hydrogen) atoms. The van der Waals surface area contributed by atoms with Crippen LogP contribution < -0.4 is 20.8 Å². The monoisotopic (exact) mass is 430 g/mol. The minimum atomic E-state index is -0.966. The van der Waals surface area contributed by atoms with E-state index in [0.29, 0.717) is 0 Å². The van der Waals surface area contributed by atoms with Crippen LogP contribution in [0.25, 0.3) is 11.1 Å². The molecule has 0 aliphatic carbocycles. The van der Waals surface area contributed by atoms with Crippen LogP contribution in [0.15, 0.2) is 16.9 Å². The summed E-state index contributed by atoms with van der Waals surface area (Å²) >= 11 is 6.38. The van der Waals surface area contributed by atoms with Crippen LogP contribution in [0.2, 0.25) is 5.02 Å². The summed E-state index contributed by atoms with van der Waals surface area (Å²) in [6, 6.07) is 6.53. The van der Waals surface area contributed by atoms with E-state index >= 15 is 0 Å². The highest BCUT2D eigenvalue weighted by atomic mass is 35.5. The minimum Gasteiger partial charge on any atom is -0.490 e. The maximum Gasteiger partial charge on any atom is 0.347 e. The number of nitrogens with one attached hydrogen (secondary N) is 1. The molecule has 2 aromatic rings. The molecule has 1 aromatic heterocycles. The molecule has 0 aliphatic heterocycles. The zero-order chi connectivity index (χ0) is 22.4. The van der Waals surface area contributed by atoms with Gasteiger partial charge in [0.1, 0.15) is 29.1 Å². The number of aromatic nitrogens is 1. The Labute approximate surface area is 177 Å². The number of aromatic amines is 1. The smallest absolute Gasteiger partial charge is 0.347 e. The fourth-order valence-electron chi connectivity index (χ4n) is 2.71. The van der Waals surface area contributed by atoms with Gasteiger partial charge in [-0.05, 0) is 38.5 Å². The van der Waals surface area contributed by atoms with E-state index in [4.69, 9.17) is 31.5 Å². The van der Waals surface area contributed by atoms with Crippen molar-refractivity contribution >= 4 is 23.4 Å². The second-order valence-corrected chi connectivity index (χ2v) is 6.35. The molecule has 0 amide bonds. The molecule has 0 spiro atoms. The zero-order valence-corrected chi connectivity index (χ0v) is 17.3. The highest BCUT2D eigenvalue weighted by molar-refractivity contribution is 6.32. The van der Waals surface area contributed by atoms with Gasteiger partial charge in [0.25, 0.3) is 5.56 Å². The minimum absolute atomic E-state index is 0.0223. The lowest BCUT2D eigenvalue weighted by molar-refractivity contribution is -0.150. The van der Waals surface area contributed by atoms with Crippen molar-refractivity contribution in [1.82, 2.24) is 4.98 Å². The van der Waals surface area contributed by atoms with E-state index in [1.165, 1.54) is 19.1 Å². The highest BCUT2D eigenvalue weighted by Gasteiger charge is 2.24. The topological polar surface area (TPSA) is 151 Å². The molecule has 156 valence electrons. The van der Waals surface area contributed by atoms with Gasteiger partial charge in [-0.2, -0.15) is 10.5 Å². The Hall–Kier alpha value is -3.69. The van der Waals surface area contributed by atoms with Crippen LogP contribution in [0.1, 0.15) is 31.9 Å². The molecular weight excluding hydrogens is 412 g/mol. The van der Waals surface area contributed by atoms with E-state index in [0.717, 1.165) is 0 Å². The SMILES string of the molecule is CCOC(=O)C(C)Oc1c(Cl)cc(-c2c(C#N)c(N)[nH]c(=O)c2C#N)cc1OCC. The lowest BCUT2D eigenvalue weighted by Crippen LogP contribution is -2.26. The van der Waals surface area contributed by atoms with Crippen molar-refractivity contribution in [3.63, 3.8) is 0 Å². The molecule has 1 unspecified atom stereocenters. The predicted molar refractivity (Wildman–Crippen MR) is 109 cm³/mol. The lowest BCUT2D eigenvalue weighted by atomic mass is 9.96. The van der Waals surface area contributed by atoms with Gasteiger partial charge in [-0.1, -0.05) is 11.6 Å². The third-order valence-electron chi connectivity index (χ3n) is 3.98. The van der Waals surface area contributed by atoms with Crippen LogP contribution in [-0.4, -0.2) is 30.3 Å². The molecule has 9 nitrogen and oxygen atoms in total. The van der Waals surface area contributed by atoms with Crippen LogP contribution in [0.5, 0.6) is 11.5 Å². The summed E-state index contributed by atoms with van der Waals surface area (Å²) in [5.41, 5.74) is 4.91. The number of carbonyl (C=O) groups excluding carboxylic acids is 1. The molecule has 1 atom stereocenters. The summed E-state index contributed by atoms with van der Waals surface area (Å²) < 4.78 is 16.1. The van der Waals surface area contributed by atoms with Gasteiger partial charge in [-0.3, -0.25) is 4.79 Å². The summed E-state index contributed by atoms with van der Waals surface area (Å²) in [5.74, 6) is -0.525.